The zero-order valence-corrected chi connectivity index (χ0v) is 8.69. The molecule has 0 aliphatic rings. The van der Waals surface area contributed by atoms with Gasteiger partial charge >= 0.3 is 7.59 Å². The molecular weight excluding hydrogens is 209 g/mol. The van der Waals surface area contributed by atoms with E-state index in [1.54, 1.807) is 18.4 Å². The zero-order chi connectivity index (χ0) is 10.1. The van der Waals surface area contributed by atoms with Gasteiger partial charge in [-0.3, -0.25) is 25.5 Å². The van der Waals surface area contributed by atoms with E-state index in [4.69, 9.17) is 11.0 Å². The van der Waals surface area contributed by atoms with Gasteiger partial charge in [-0.05, 0) is 23.9 Å². The molecule has 1 heterocycles. The van der Waals surface area contributed by atoms with Crippen molar-refractivity contribution in [1.29, 1.82) is 0 Å². The van der Waals surface area contributed by atoms with Crippen molar-refractivity contribution in [2.45, 2.75) is 6.92 Å². The summed E-state index contributed by atoms with van der Waals surface area (Å²) in [5.74, 6) is -0.485. The summed E-state index contributed by atoms with van der Waals surface area (Å²) in [5.41, 5.74) is 10.8. The Balaban J connectivity index is 2.82. The summed E-state index contributed by atoms with van der Waals surface area (Å²) in [6.07, 6.45) is 0. The molecule has 1 aromatic rings. The predicted molar refractivity (Wildman–Crippen MR) is 52.5 cm³/mol. The fourth-order valence-electron chi connectivity index (χ4n) is 0.815. The maximum absolute atomic E-state index is 11.3. The van der Waals surface area contributed by atoms with Crippen molar-refractivity contribution in [2.24, 2.45) is 11.0 Å². The Morgan fingerprint density at radius 1 is 1.62 bits per heavy atom. The summed E-state index contributed by atoms with van der Waals surface area (Å²) >= 11 is 1.25. The summed E-state index contributed by atoms with van der Waals surface area (Å²) < 4.78 is 10.9. The molecule has 0 fully saturated rings. The van der Waals surface area contributed by atoms with Crippen LogP contribution in [0.1, 0.15) is 15.2 Å². The highest BCUT2D eigenvalue weighted by Gasteiger charge is 2.16. The summed E-state index contributed by atoms with van der Waals surface area (Å²) in [4.78, 5) is 11.8. The first-order valence-corrected chi connectivity index (χ1v) is 6.16. The standard InChI is InChI=1S/C6H10N3O2PS/c1-4-2-3-13-5(4)6(10)9-12(7,8)11/h2-3H,1H3,(H5,7,8,9,10,11). The first kappa shape index (κ1) is 10.4. The van der Waals surface area contributed by atoms with Crippen LogP contribution in [0, 0.1) is 6.92 Å². The fraction of sp³-hybridized carbons (Fsp3) is 0.167. The number of nitrogens with one attached hydrogen (secondary N) is 1. The highest BCUT2D eigenvalue weighted by molar-refractivity contribution is 7.57. The smallest absolute Gasteiger partial charge is 0.279 e. The van der Waals surface area contributed by atoms with Crippen LogP contribution in [-0.4, -0.2) is 5.91 Å². The van der Waals surface area contributed by atoms with E-state index in [2.05, 4.69) is 0 Å². The van der Waals surface area contributed by atoms with Gasteiger partial charge in [0.05, 0.1) is 4.88 Å². The largest absolute Gasteiger partial charge is 0.300 e. The summed E-state index contributed by atoms with van der Waals surface area (Å²) in [6.45, 7) is 1.78. The number of nitrogens with two attached hydrogens (primary N) is 2. The molecular formula is C6H10N3O2PS. The van der Waals surface area contributed by atoms with Crippen LogP contribution in [-0.2, 0) is 4.57 Å². The lowest BCUT2D eigenvalue weighted by Gasteiger charge is -2.07. The quantitative estimate of drug-likeness (QED) is 0.641. The van der Waals surface area contributed by atoms with Gasteiger partial charge in [0, 0.05) is 0 Å². The van der Waals surface area contributed by atoms with Crippen molar-refractivity contribution in [3.63, 3.8) is 0 Å². The summed E-state index contributed by atoms with van der Waals surface area (Å²) in [7, 11) is -3.48. The first-order chi connectivity index (χ1) is 5.90. The van der Waals surface area contributed by atoms with Gasteiger partial charge in [0.1, 0.15) is 0 Å². The minimum absolute atomic E-state index is 0.483. The average Bonchev–Trinajstić information content (AvgIpc) is 2.30. The minimum atomic E-state index is -3.48. The SMILES string of the molecule is Cc1ccsc1C(=O)NP(N)(N)=O. The van der Waals surface area contributed by atoms with Crippen LogP contribution in [0.15, 0.2) is 11.4 Å². The van der Waals surface area contributed by atoms with Crippen molar-refractivity contribution in [3.05, 3.63) is 21.9 Å². The Bertz CT molecular complexity index is 370. The van der Waals surface area contributed by atoms with Crippen LogP contribution >= 0.6 is 18.9 Å². The van der Waals surface area contributed by atoms with Gasteiger partial charge in [-0.25, -0.2) is 0 Å². The molecule has 0 aromatic carbocycles. The highest BCUT2D eigenvalue weighted by atomic mass is 32.1. The molecule has 0 saturated heterocycles. The molecule has 13 heavy (non-hydrogen) atoms. The van der Waals surface area contributed by atoms with Gasteiger partial charge in [0.2, 0.25) is 0 Å². The van der Waals surface area contributed by atoms with Crippen LogP contribution in [0.4, 0.5) is 0 Å². The van der Waals surface area contributed by atoms with Crippen molar-refractivity contribution in [1.82, 2.24) is 5.09 Å². The second-order valence-corrected chi connectivity index (χ2v) is 5.14. The summed E-state index contributed by atoms with van der Waals surface area (Å²) in [5, 5.41) is 3.81. The maximum Gasteiger partial charge on any atom is 0.300 e. The number of carbonyl (C=O) groups is 1. The molecule has 1 aromatic heterocycles. The molecule has 0 radical (unpaired) electrons. The molecule has 0 spiro atoms. The fourth-order valence-corrected chi connectivity index (χ4v) is 2.14. The Labute approximate surface area is 79.7 Å². The van der Waals surface area contributed by atoms with E-state index in [0.717, 1.165) is 5.56 Å². The van der Waals surface area contributed by atoms with Gasteiger partial charge in [-0.1, -0.05) is 0 Å². The number of carbonyl (C=O) groups excluding carboxylic acids is 1. The molecule has 0 saturated carbocycles. The molecule has 0 aliphatic heterocycles. The molecule has 1 amide bonds. The second kappa shape index (κ2) is 3.59. The monoisotopic (exact) mass is 219 g/mol. The molecule has 5 N–H and O–H groups in total. The van der Waals surface area contributed by atoms with Crippen molar-refractivity contribution in [3.8, 4) is 0 Å². The minimum Gasteiger partial charge on any atom is -0.279 e. The Morgan fingerprint density at radius 3 is 2.62 bits per heavy atom. The third-order valence-corrected chi connectivity index (χ3v) is 2.91. The van der Waals surface area contributed by atoms with Gasteiger partial charge in [0.25, 0.3) is 5.91 Å². The van der Waals surface area contributed by atoms with Crippen LogP contribution in [0.3, 0.4) is 0 Å². The molecule has 0 atom stereocenters. The normalized spacial score (nSPS) is 11.3. The van der Waals surface area contributed by atoms with Gasteiger partial charge < -0.3 is 0 Å². The molecule has 0 unspecified atom stereocenters. The molecule has 72 valence electrons. The Morgan fingerprint density at radius 2 is 2.23 bits per heavy atom. The van der Waals surface area contributed by atoms with Crippen molar-refractivity contribution >= 4 is 24.8 Å². The molecule has 1 rings (SSSR count). The number of thiophene rings is 1. The second-order valence-electron chi connectivity index (χ2n) is 2.58. The topological polar surface area (TPSA) is 98.2 Å². The van der Waals surface area contributed by atoms with E-state index < -0.39 is 13.5 Å². The molecule has 0 aliphatic carbocycles. The number of amides is 1. The molecule has 0 bridgehead atoms. The van der Waals surface area contributed by atoms with E-state index >= 15 is 0 Å². The van der Waals surface area contributed by atoms with E-state index in [1.807, 2.05) is 5.09 Å². The van der Waals surface area contributed by atoms with Gasteiger partial charge in [-0.2, -0.15) is 0 Å². The Hall–Kier alpha value is -0.680. The van der Waals surface area contributed by atoms with Crippen LogP contribution in [0.5, 0.6) is 0 Å². The van der Waals surface area contributed by atoms with E-state index in [9.17, 15) is 9.36 Å². The van der Waals surface area contributed by atoms with Crippen LogP contribution in [0.2, 0.25) is 0 Å². The first-order valence-electron chi connectivity index (χ1n) is 3.44. The highest BCUT2D eigenvalue weighted by Crippen LogP contribution is 2.22. The summed E-state index contributed by atoms with van der Waals surface area (Å²) in [6, 6.07) is 1.79. The van der Waals surface area contributed by atoms with Crippen LogP contribution < -0.4 is 16.1 Å². The van der Waals surface area contributed by atoms with E-state index in [-0.39, 0.29) is 0 Å². The lowest BCUT2D eigenvalue weighted by Crippen LogP contribution is -2.28. The van der Waals surface area contributed by atoms with Gasteiger partial charge in [-0.15, -0.1) is 11.3 Å². The molecule has 5 nitrogen and oxygen atoms in total. The average molecular weight is 219 g/mol. The van der Waals surface area contributed by atoms with Crippen molar-refractivity contribution < 1.29 is 9.36 Å². The third kappa shape index (κ3) is 2.93. The maximum atomic E-state index is 11.3. The number of hydrogen-bond acceptors (Lipinski definition) is 3. The number of hydrogen-bond donors (Lipinski definition) is 3. The van der Waals surface area contributed by atoms with Crippen molar-refractivity contribution in [2.75, 3.05) is 0 Å². The Kier molecular flexibility index (Phi) is 2.87. The van der Waals surface area contributed by atoms with E-state index in [1.165, 1.54) is 11.3 Å². The third-order valence-electron chi connectivity index (χ3n) is 1.34. The number of aryl methyl sites for hydroxylation is 1. The van der Waals surface area contributed by atoms with Crippen LogP contribution in [0.25, 0.3) is 0 Å². The van der Waals surface area contributed by atoms with E-state index in [0.29, 0.717) is 4.88 Å². The molecule has 7 heteroatoms. The predicted octanol–water partition coefficient (Wildman–Crippen LogP) is 0.812. The van der Waals surface area contributed by atoms with Gasteiger partial charge in [0.15, 0.2) is 0 Å². The number of rotatable bonds is 2. The lowest BCUT2D eigenvalue weighted by atomic mass is 10.3. The lowest BCUT2D eigenvalue weighted by molar-refractivity contribution is 0.0984. The zero-order valence-electron chi connectivity index (χ0n) is 6.98.